The second kappa shape index (κ2) is 7.47. The molecule has 26 heavy (non-hydrogen) atoms. The van der Waals surface area contributed by atoms with Crippen LogP contribution < -0.4 is 4.74 Å². The Hall–Kier alpha value is -2.38. The molecule has 2 aromatic rings. The van der Waals surface area contributed by atoms with Crippen molar-refractivity contribution in [1.82, 2.24) is 4.90 Å². The zero-order valence-electron chi connectivity index (χ0n) is 14.7. The monoisotopic (exact) mass is 375 g/mol. The zero-order chi connectivity index (χ0) is 18.7. The lowest BCUT2D eigenvalue weighted by Gasteiger charge is -2.24. The van der Waals surface area contributed by atoms with Crippen LogP contribution in [-0.4, -0.2) is 37.6 Å². The summed E-state index contributed by atoms with van der Waals surface area (Å²) in [5, 5.41) is 0. The van der Waals surface area contributed by atoms with E-state index in [4.69, 9.17) is 8.92 Å². The molecule has 1 aliphatic rings. The summed E-state index contributed by atoms with van der Waals surface area (Å²) in [7, 11) is -3.59. The fourth-order valence-corrected chi connectivity index (χ4v) is 3.62. The van der Waals surface area contributed by atoms with Crippen molar-refractivity contribution in [3.8, 4) is 11.5 Å². The van der Waals surface area contributed by atoms with Crippen LogP contribution in [0.4, 0.5) is 0 Å². The van der Waals surface area contributed by atoms with Gasteiger partial charge in [-0.3, -0.25) is 8.98 Å². The number of carbonyl (C=O) groups is 1. The topological polar surface area (TPSA) is 72.9 Å². The van der Waals surface area contributed by atoms with Crippen LogP contribution >= 0.6 is 0 Å². The lowest BCUT2D eigenvalue weighted by Crippen LogP contribution is -2.35. The lowest BCUT2D eigenvalue weighted by molar-refractivity contribution is -0.129. The van der Waals surface area contributed by atoms with E-state index in [1.807, 2.05) is 54.6 Å². The summed E-state index contributed by atoms with van der Waals surface area (Å²) in [4.78, 5) is 13.9. The van der Waals surface area contributed by atoms with Crippen LogP contribution in [0, 0.1) is 0 Å². The van der Waals surface area contributed by atoms with Gasteiger partial charge in [0.2, 0.25) is 5.91 Å². The normalized spacial score (nSPS) is 20.4. The maximum absolute atomic E-state index is 12.2. The van der Waals surface area contributed by atoms with Gasteiger partial charge < -0.3 is 9.64 Å². The van der Waals surface area contributed by atoms with Gasteiger partial charge in [0, 0.05) is 6.54 Å². The molecule has 1 fully saturated rings. The summed E-state index contributed by atoms with van der Waals surface area (Å²) in [6.07, 6.45) is 0.431. The number of nitrogens with zero attached hydrogens (tertiary/aromatic N) is 1. The Morgan fingerprint density at radius 2 is 1.65 bits per heavy atom. The van der Waals surface area contributed by atoms with Gasteiger partial charge in [-0.05, 0) is 36.8 Å². The minimum atomic E-state index is -3.59. The highest BCUT2D eigenvalue weighted by atomic mass is 32.2. The van der Waals surface area contributed by atoms with E-state index in [1.165, 1.54) is 0 Å². The Morgan fingerprint density at radius 3 is 2.27 bits per heavy atom. The van der Waals surface area contributed by atoms with E-state index in [2.05, 4.69) is 0 Å². The Morgan fingerprint density at radius 1 is 1.04 bits per heavy atom. The maximum atomic E-state index is 12.2. The maximum Gasteiger partial charge on any atom is 0.264 e. The SMILES string of the molecule is C[C@H]1C(OS(C)(=O)=O)CC(=O)N1Cc1ccc(Oc2ccccc2)cc1. The highest BCUT2D eigenvalue weighted by Crippen LogP contribution is 2.26. The predicted molar refractivity (Wildman–Crippen MR) is 97.3 cm³/mol. The number of amides is 1. The molecular weight excluding hydrogens is 354 g/mol. The Kier molecular flexibility index (Phi) is 5.29. The second-order valence-electron chi connectivity index (χ2n) is 6.36. The van der Waals surface area contributed by atoms with Crippen LogP contribution in [-0.2, 0) is 25.6 Å². The van der Waals surface area contributed by atoms with Gasteiger partial charge in [0.25, 0.3) is 10.1 Å². The fourth-order valence-electron chi connectivity index (χ4n) is 2.94. The van der Waals surface area contributed by atoms with Crippen molar-refractivity contribution in [3.63, 3.8) is 0 Å². The number of carbonyl (C=O) groups excluding carboxylic acids is 1. The average molecular weight is 375 g/mol. The van der Waals surface area contributed by atoms with Crippen LogP contribution in [0.5, 0.6) is 11.5 Å². The molecule has 1 heterocycles. The first-order valence-corrected chi connectivity index (χ1v) is 10.1. The first-order valence-electron chi connectivity index (χ1n) is 8.31. The van der Waals surface area contributed by atoms with Crippen molar-refractivity contribution < 1.29 is 22.1 Å². The molecule has 0 bridgehead atoms. The molecule has 1 saturated heterocycles. The van der Waals surface area contributed by atoms with Crippen LogP contribution in [0.25, 0.3) is 0 Å². The van der Waals surface area contributed by atoms with Crippen LogP contribution in [0.2, 0.25) is 0 Å². The minimum Gasteiger partial charge on any atom is -0.457 e. The van der Waals surface area contributed by atoms with Crippen molar-refractivity contribution in [2.24, 2.45) is 0 Å². The Labute approximate surface area is 153 Å². The molecule has 0 spiro atoms. The molecule has 7 heteroatoms. The minimum absolute atomic E-state index is 0.0729. The van der Waals surface area contributed by atoms with Crippen molar-refractivity contribution in [3.05, 3.63) is 60.2 Å². The third-order valence-electron chi connectivity index (χ3n) is 4.28. The first kappa shape index (κ1) is 18.4. The summed E-state index contributed by atoms with van der Waals surface area (Å²) in [5.41, 5.74) is 0.936. The predicted octanol–water partition coefficient (Wildman–Crippen LogP) is 2.94. The average Bonchev–Trinajstić information content (AvgIpc) is 2.83. The van der Waals surface area contributed by atoms with Gasteiger partial charge in [-0.2, -0.15) is 8.42 Å². The number of rotatable bonds is 6. The molecule has 2 aromatic carbocycles. The van der Waals surface area contributed by atoms with Crippen molar-refractivity contribution >= 4 is 16.0 Å². The molecule has 2 atom stereocenters. The fraction of sp³-hybridized carbons (Fsp3) is 0.316. The van der Waals surface area contributed by atoms with E-state index in [0.29, 0.717) is 12.3 Å². The van der Waals surface area contributed by atoms with E-state index < -0.39 is 16.2 Å². The molecular formula is C19H21NO5S. The molecule has 0 aliphatic carbocycles. The number of para-hydroxylation sites is 1. The third kappa shape index (κ3) is 4.62. The smallest absolute Gasteiger partial charge is 0.264 e. The van der Waals surface area contributed by atoms with Gasteiger partial charge >= 0.3 is 0 Å². The van der Waals surface area contributed by atoms with Crippen LogP contribution in [0.15, 0.2) is 54.6 Å². The van der Waals surface area contributed by atoms with Gasteiger partial charge in [0.05, 0.1) is 18.7 Å². The Bertz CT molecular complexity index is 865. The molecule has 0 aromatic heterocycles. The van der Waals surface area contributed by atoms with Crippen molar-refractivity contribution in [1.29, 1.82) is 0 Å². The van der Waals surface area contributed by atoms with Gasteiger partial charge in [-0.25, -0.2) is 0 Å². The lowest BCUT2D eigenvalue weighted by atomic mass is 10.1. The van der Waals surface area contributed by atoms with Gasteiger partial charge in [0.15, 0.2) is 0 Å². The molecule has 0 N–H and O–H groups in total. The van der Waals surface area contributed by atoms with E-state index >= 15 is 0 Å². The Balaban J connectivity index is 1.64. The number of likely N-dealkylation sites (tertiary alicyclic amines) is 1. The molecule has 6 nitrogen and oxygen atoms in total. The standard InChI is InChI=1S/C19H21NO5S/c1-14-18(25-26(2,22)23)12-19(21)20(14)13-15-8-10-17(11-9-15)24-16-6-4-3-5-7-16/h3-11,14,18H,12-13H2,1-2H3/t14-,18?/m0/s1. The number of ether oxygens (including phenoxy) is 1. The number of hydrogen-bond acceptors (Lipinski definition) is 5. The third-order valence-corrected chi connectivity index (χ3v) is 4.88. The molecule has 0 radical (unpaired) electrons. The van der Waals surface area contributed by atoms with Crippen molar-refractivity contribution in [2.45, 2.75) is 32.0 Å². The van der Waals surface area contributed by atoms with Crippen molar-refractivity contribution in [2.75, 3.05) is 6.26 Å². The highest BCUT2D eigenvalue weighted by Gasteiger charge is 2.39. The summed E-state index contributed by atoms with van der Waals surface area (Å²) in [6.45, 7) is 2.20. The highest BCUT2D eigenvalue weighted by molar-refractivity contribution is 7.86. The number of benzene rings is 2. The van der Waals surface area contributed by atoms with Gasteiger partial charge in [-0.1, -0.05) is 30.3 Å². The summed E-state index contributed by atoms with van der Waals surface area (Å²) < 4.78 is 33.4. The summed E-state index contributed by atoms with van der Waals surface area (Å²) in [6, 6.07) is 16.6. The van der Waals surface area contributed by atoms with E-state index in [-0.39, 0.29) is 18.4 Å². The van der Waals surface area contributed by atoms with Gasteiger partial charge in [0.1, 0.15) is 17.6 Å². The molecule has 1 aliphatic heterocycles. The second-order valence-corrected chi connectivity index (χ2v) is 7.96. The quantitative estimate of drug-likeness (QED) is 0.726. The number of hydrogen-bond donors (Lipinski definition) is 0. The summed E-state index contributed by atoms with van der Waals surface area (Å²) >= 11 is 0. The summed E-state index contributed by atoms with van der Waals surface area (Å²) in [5.74, 6) is 1.35. The molecule has 0 saturated carbocycles. The van der Waals surface area contributed by atoms with Gasteiger partial charge in [-0.15, -0.1) is 0 Å². The molecule has 1 unspecified atom stereocenters. The largest absolute Gasteiger partial charge is 0.457 e. The van der Waals surface area contributed by atoms with E-state index in [9.17, 15) is 13.2 Å². The first-order chi connectivity index (χ1) is 12.3. The van der Waals surface area contributed by atoms with Crippen LogP contribution in [0.1, 0.15) is 18.9 Å². The molecule has 1 amide bonds. The zero-order valence-corrected chi connectivity index (χ0v) is 15.5. The van der Waals surface area contributed by atoms with E-state index in [0.717, 1.165) is 17.6 Å². The van der Waals surface area contributed by atoms with Crippen LogP contribution in [0.3, 0.4) is 0 Å². The van der Waals surface area contributed by atoms with E-state index in [1.54, 1.807) is 11.8 Å². The molecule has 138 valence electrons. The molecule has 3 rings (SSSR count).